The number of rotatable bonds is 3. The molecule has 5 rings (SSSR count). The highest BCUT2D eigenvalue weighted by Gasteiger charge is 2.28. The molecule has 2 aromatic heterocycles. The number of nitrogens with zero attached hydrogens (tertiary/aromatic N) is 4. The first-order chi connectivity index (χ1) is 14.1. The molecule has 0 amide bonds. The van der Waals surface area contributed by atoms with Crippen LogP contribution in [0.25, 0.3) is 16.7 Å². The number of para-hydroxylation sites is 1. The predicted octanol–water partition coefficient (Wildman–Crippen LogP) is 4.16. The lowest BCUT2D eigenvalue weighted by Crippen LogP contribution is -2.19. The van der Waals surface area contributed by atoms with Crippen LogP contribution in [0.5, 0.6) is 5.75 Å². The molecule has 7 heteroatoms. The van der Waals surface area contributed by atoms with Crippen LogP contribution in [0.2, 0.25) is 0 Å². The Kier molecular flexibility index (Phi) is 4.01. The van der Waals surface area contributed by atoms with Gasteiger partial charge in [-0.05, 0) is 24.6 Å². The van der Waals surface area contributed by atoms with Crippen LogP contribution in [0.15, 0.2) is 66.9 Å². The molecule has 0 saturated carbocycles. The number of fused-ring (bicyclic) bond motifs is 2. The van der Waals surface area contributed by atoms with Gasteiger partial charge in [-0.1, -0.05) is 36.4 Å². The van der Waals surface area contributed by atoms with Crippen molar-refractivity contribution >= 4 is 22.6 Å². The highest BCUT2D eigenvalue weighted by molar-refractivity contribution is 5.81. The minimum Gasteiger partial charge on any atom is -0.459 e. The van der Waals surface area contributed by atoms with Gasteiger partial charge < -0.3 is 15.0 Å². The van der Waals surface area contributed by atoms with Crippen LogP contribution in [0, 0.1) is 5.82 Å². The van der Waals surface area contributed by atoms with Crippen molar-refractivity contribution in [3.8, 4) is 5.75 Å². The van der Waals surface area contributed by atoms with Gasteiger partial charge in [-0.2, -0.15) is 0 Å². The Morgan fingerprint density at radius 3 is 2.72 bits per heavy atom. The summed E-state index contributed by atoms with van der Waals surface area (Å²) < 4.78 is 22.9. The molecule has 144 valence electrons. The summed E-state index contributed by atoms with van der Waals surface area (Å²) in [6, 6.07) is 14.3. The van der Waals surface area contributed by atoms with Crippen LogP contribution >= 0.6 is 0 Å². The fourth-order valence-electron chi connectivity index (χ4n) is 3.76. The van der Waals surface area contributed by atoms with Crippen molar-refractivity contribution in [2.75, 3.05) is 5.73 Å². The van der Waals surface area contributed by atoms with Crippen LogP contribution < -0.4 is 10.5 Å². The van der Waals surface area contributed by atoms with Crippen molar-refractivity contribution in [2.24, 2.45) is 0 Å². The van der Waals surface area contributed by atoms with Gasteiger partial charge in [0.15, 0.2) is 11.5 Å². The normalized spacial score (nSPS) is 14.6. The summed E-state index contributed by atoms with van der Waals surface area (Å²) in [6.45, 7) is 1.98. The summed E-state index contributed by atoms with van der Waals surface area (Å²) in [5.41, 5.74) is 9.42. The Labute approximate surface area is 166 Å². The maximum atomic E-state index is 14.7. The van der Waals surface area contributed by atoms with Crippen molar-refractivity contribution in [3.63, 3.8) is 0 Å². The highest BCUT2D eigenvalue weighted by atomic mass is 19.1. The van der Waals surface area contributed by atoms with Crippen molar-refractivity contribution in [1.29, 1.82) is 0 Å². The summed E-state index contributed by atoms with van der Waals surface area (Å²) >= 11 is 0. The zero-order valence-electron chi connectivity index (χ0n) is 15.7. The number of allylic oxidation sites excluding steroid dienone is 2. The van der Waals surface area contributed by atoms with Gasteiger partial charge in [0.1, 0.15) is 29.2 Å². The molecule has 2 aromatic carbocycles. The first-order valence-electron chi connectivity index (χ1n) is 9.30. The lowest BCUT2D eigenvalue weighted by atomic mass is 9.92. The van der Waals surface area contributed by atoms with Gasteiger partial charge in [-0.25, -0.2) is 19.3 Å². The largest absolute Gasteiger partial charge is 0.459 e. The standard InChI is InChI=1S/C22H18FN5O/c1-13(28-12-27-19-21(24)25-11-26-22(19)28)20-16(15-7-3-4-8-17(15)23)10-14-6-2-5-9-18(14)29-20/h2-9,11-13H,10H2,1H3,(H2,24,25,26). The van der Waals surface area contributed by atoms with Gasteiger partial charge >= 0.3 is 0 Å². The SMILES string of the molecule is CC(C1=C(c2ccccc2F)Cc2ccccc2O1)n1cnc2c(N)ncnc21. The summed E-state index contributed by atoms with van der Waals surface area (Å²) in [7, 11) is 0. The van der Waals surface area contributed by atoms with Crippen molar-refractivity contribution in [3.05, 3.63) is 83.9 Å². The van der Waals surface area contributed by atoms with E-state index in [1.165, 1.54) is 12.4 Å². The van der Waals surface area contributed by atoms with Crippen LogP contribution in [0.3, 0.4) is 0 Å². The molecule has 1 aliphatic rings. The number of hydrogen-bond acceptors (Lipinski definition) is 5. The van der Waals surface area contributed by atoms with Crippen molar-refractivity contribution in [1.82, 2.24) is 19.5 Å². The van der Waals surface area contributed by atoms with E-state index >= 15 is 0 Å². The quantitative estimate of drug-likeness (QED) is 0.571. The number of imidazole rings is 1. The third kappa shape index (κ3) is 2.82. The molecule has 0 aliphatic carbocycles. The molecule has 0 radical (unpaired) electrons. The number of halogens is 1. The number of anilines is 1. The number of benzene rings is 2. The average molecular weight is 387 g/mol. The molecule has 3 heterocycles. The van der Waals surface area contributed by atoms with E-state index in [0.717, 1.165) is 16.9 Å². The van der Waals surface area contributed by atoms with E-state index in [2.05, 4.69) is 15.0 Å². The molecule has 1 unspecified atom stereocenters. The molecule has 4 aromatic rings. The fraction of sp³-hybridized carbons (Fsp3) is 0.136. The smallest absolute Gasteiger partial charge is 0.166 e. The van der Waals surface area contributed by atoms with E-state index in [4.69, 9.17) is 10.5 Å². The summed E-state index contributed by atoms with van der Waals surface area (Å²) in [5, 5.41) is 0. The molecule has 1 atom stereocenters. The monoisotopic (exact) mass is 387 g/mol. The van der Waals surface area contributed by atoms with E-state index < -0.39 is 0 Å². The lowest BCUT2D eigenvalue weighted by molar-refractivity contribution is 0.349. The molecule has 0 saturated heterocycles. The highest BCUT2D eigenvalue weighted by Crippen LogP contribution is 2.40. The molecular weight excluding hydrogens is 369 g/mol. The molecule has 2 N–H and O–H groups in total. The number of nitrogens with two attached hydrogens (primary N) is 1. The van der Waals surface area contributed by atoms with Crippen LogP contribution in [-0.2, 0) is 6.42 Å². The van der Waals surface area contributed by atoms with Crippen LogP contribution in [0.4, 0.5) is 10.2 Å². The van der Waals surface area contributed by atoms with Gasteiger partial charge in [0.25, 0.3) is 0 Å². The number of ether oxygens (including phenoxy) is 1. The van der Waals surface area contributed by atoms with Gasteiger partial charge in [0.2, 0.25) is 0 Å². The maximum Gasteiger partial charge on any atom is 0.166 e. The summed E-state index contributed by atoms with van der Waals surface area (Å²) in [4.78, 5) is 12.7. The van der Waals surface area contributed by atoms with Crippen molar-refractivity contribution < 1.29 is 9.13 Å². The van der Waals surface area contributed by atoms with Crippen molar-refractivity contribution in [2.45, 2.75) is 19.4 Å². The van der Waals surface area contributed by atoms with Gasteiger partial charge in [-0.15, -0.1) is 0 Å². The molecule has 1 aliphatic heterocycles. The van der Waals surface area contributed by atoms with Gasteiger partial charge in [-0.3, -0.25) is 0 Å². The minimum atomic E-state index is -0.280. The molecular formula is C22H18FN5O. The number of aromatic nitrogens is 4. The average Bonchev–Trinajstić information content (AvgIpc) is 3.18. The zero-order chi connectivity index (χ0) is 20.0. The second kappa shape index (κ2) is 6.70. The molecule has 6 nitrogen and oxygen atoms in total. The Morgan fingerprint density at radius 2 is 1.86 bits per heavy atom. The second-order valence-corrected chi connectivity index (χ2v) is 6.97. The fourth-order valence-corrected chi connectivity index (χ4v) is 3.76. The zero-order valence-corrected chi connectivity index (χ0v) is 15.7. The molecule has 0 bridgehead atoms. The van der Waals surface area contributed by atoms with Gasteiger partial charge in [0.05, 0.1) is 12.4 Å². The molecule has 29 heavy (non-hydrogen) atoms. The first kappa shape index (κ1) is 17.4. The Hall–Kier alpha value is -3.74. The van der Waals surface area contributed by atoms with Crippen LogP contribution in [0.1, 0.15) is 24.1 Å². The third-order valence-electron chi connectivity index (χ3n) is 5.24. The molecule has 0 fully saturated rings. The van der Waals surface area contributed by atoms with E-state index in [9.17, 15) is 4.39 Å². The predicted molar refractivity (Wildman–Crippen MR) is 109 cm³/mol. The minimum absolute atomic E-state index is 0.280. The maximum absolute atomic E-state index is 14.7. The topological polar surface area (TPSA) is 78.9 Å². The summed E-state index contributed by atoms with van der Waals surface area (Å²) in [6.07, 6.45) is 3.64. The van der Waals surface area contributed by atoms with E-state index in [0.29, 0.717) is 34.7 Å². The van der Waals surface area contributed by atoms with E-state index in [-0.39, 0.29) is 11.9 Å². The Morgan fingerprint density at radius 1 is 1.07 bits per heavy atom. The lowest BCUT2D eigenvalue weighted by Gasteiger charge is -2.28. The van der Waals surface area contributed by atoms with E-state index in [1.807, 2.05) is 41.8 Å². The number of hydrogen-bond donors (Lipinski definition) is 1. The van der Waals surface area contributed by atoms with E-state index in [1.54, 1.807) is 18.5 Å². The first-order valence-corrected chi connectivity index (χ1v) is 9.30. The summed E-state index contributed by atoms with van der Waals surface area (Å²) in [5.74, 6) is 1.47. The molecule has 0 spiro atoms. The number of nitrogen functional groups attached to an aromatic ring is 1. The van der Waals surface area contributed by atoms with Crippen LogP contribution in [-0.4, -0.2) is 19.5 Å². The Balaban J connectivity index is 1.69. The second-order valence-electron chi connectivity index (χ2n) is 6.97. The van der Waals surface area contributed by atoms with Gasteiger partial charge in [0, 0.05) is 17.6 Å². The Bertz CT molecular complexity index is 1260. The third-order valence-corrected chi connectivity index (χ3v) is 5.24.